The number of ether oxygens (including phenoxy) is 1. The molecule has 0 saturated heterocycles. The van der Waals surface area contributed by atoms with Crippen molar-refractivity contribution in [2.75, 3.05) is 18.0 Å². The van der Waals surface area contributed by atoms with Gasteiger partial charge in [0.25, 0.3) is 10.0 Å². The van der Waals surface area contributed by atoms with Gasteiger partial charge in [0.2, 0.25) is 11.8 Å². The molecule has 0 radical (unpaired) electrons. The lowest BCUT2D eigenvalue weighted by Gasteiger charge is -2.32. The number of carbonyl (C=O) groups excluding carboxylic acids is 2. The van der Waals surface area contributed by atoms with Gasteiger partial charge in [-0.15, -0.1) is 0 Å². The summed E-state index contributed by atoms with van der Waals surface area (Å²) in [5.74, 6) is -1.21. The molecule has 0 aromatic heterocycles. The Labute approximate surface area is 239 Å². The molecule has 0 bridgehead atoms. The lowest BCUT2D eigenvalue weighted by Crippen LogP contribution is -2.52. The van der Waals surface area contributed by atoms with E-state index in [1.165, 1.54) is 85.7 Å². The second kappa shape index (κ2) is 13.6. The highest BCUT2D eigenvalue weighted by Gasteiger charge is 2.33. The molecule has 40 heavy (non-hydrogen) atoms. The largest absolute Gasteiger partial charge is 0.497 e. The standard InChI is InChI=1S/C29H33ClFN3O5S/c1-5-20(2)32-29(36)21(3)33(18-22-8-6-7-9-27(22)31)28(35)19-34(24-12-10-23(30)11-13-24)40(37,38)26-16-14-25(39-4)15-17-26/h6-17,20-21H,5,18-19H2,1-4H3,(H,32,36)/t20-,21+/m1/s1. The number of halogens is 2. The lowest BCUT2D eigenvalue weighted by atomic mass is 10.1. The van der Waals surface area contributed by atoms with Crippen molar-refractivity contribution in [3.63, 3.8) is 0 Å². The Kier molecular flexibility index (Phi) is 10.5. The first-order valence-corrected chi connectivity index (χ1v) is 14.5. The number of benzene rings is 3. The van der Waals surface area contributed by atoms with E-state index in [1.807, 2.05) is 13.8 Å². The molecule has 3 rings (SSSR count). The van der Waals surface area contributed by atoms with Gasteiger partial charge < -0.3 is 15.0 Å². The molecule has 0 fully saturated rings. The summed E-state index contributed by atoms with van der Waals surface area (Å²) < 4.78 is 48.3. The first-order chi connectivity index (χ1) is 19.0. The Bertz CT molecular complexity index is 1420. The zero-order chi connectivity index (χ0) is 29.4. The van der Waals surface area contributed by atoms with Crippen LogP contribution in [0.15, 0.2) is 77.7 Å². The summed E-state index contributed by atoms with van der Waals surface area (Å²) in [5.41, 5.74) is 0.381. The van der Waals surface area contributed by atoms with Crippen LogP contribution in [0.3, 0.4) is 0 Å². The highest BCUT2D eigenvalue weighted by Crippen LogP contribution is 2.27. The molecule has 0 aliphatic heterocycles. The number of nitrogens with zero attached hydrogens (tertiary/aromatic N) is 2. The summed E-state index contributed by atoms with van der Waals surface area (Å²) >= 11 is 6.04. The summed E-state index contributed by atoms with van der Waals surface area (Å²) in [5, 5.41) is 3.22. The molecule has 0 heterocycles. The average Bonchev–Trinajstić information content (AvgIpc) is 2.95. The zero-order valence-corrected chi connectivity index (χ0v) is 24.4. The van der Waals surface area contributed by atoms with Gasteiger partial charge in [-0.25, -0.2) is 12.8 Å². The van der Waals surface area contributed by atoms with Gasteiger partial charge in [-0.1, -0.05) is 36.7 Å². The number of sulfonamides is 1. The van der Waals surface area contributed by atoms with Crippen molar-refractivity contribution in [3.05, 3.63) is 89.2 Å². The van der Waals surface area contributed by atoms with Crippen molar-refractivity contribution in [1.82, 2.24) is 10.2 Å². The SMILES string of the molecule is CC[C@@H](C)NC(=O)[C@H](C)N(Cc1ccccc1F)C(=O)CN(c1ccc(Cl)cc1)S(=O)(=O)c1ccc(OC)cc1. The lowest BCUT2D eigenvalue weighted by molar-refractivity contribution is -0.139. The van der Waals surface area contributed by atoms with E-state index in [0.717, 1.165) is 4.31 Å². The molecule has 0 spiro atoms. The number of nitrogens with one attached hydrogen (secondary N) is 1. The van der Waals surface area contributed by atoms with Gasteiger partial charge in [0.1, 0.15) is 24.2 Å². The molecular weight excluding hydrogens is 557 g/mol. The van der Waals surface area contributed by atoms with Crippen LogP contribution in [0.4, 0.5) is 10.1 Å². The van der Waals surface area contributed by atoms with Gasteiger partial charge in [-0.05, 0) is 74.9 Å². The quantitative estimate of drug-likeness (QED) is 0.320. The number of methoxy groups -OCH3 is 1. The first-order valence-electron chi connectivity index (χ1n) is 12.7. The van der Waals surface area contributed by atoms with Crippen LogP contribution in [0.5, 0.6) is 5.75 Å². The van der Waals surface area contributed by atoms with Crippen molar-refractivity contribution in [3.8, 4) is 5.75 Å². The zero-order valence-electron chi connectivity index (χ0n) is 22.8. The number of hydrogen-bond acceptors (Lipinski definition) is 5. The minimum Gasteiger partial charge on any atom is -0.497 e. The monoisotopic (exact) mass is 589 g/mol. The van der Waals surface area contributed by atoms with E-state index in [-0.39, 0.29) is 28.7 Å². The van der Waals surface area contributed by atoms with Crippen LogP contribution in [0.25, 0.3) is 0 Å². The fraction of sp³-hybridized carbons (Fsp3) is 0.310. The molecule has 11 heteroatoms. The average molecular weight is 590 g/mol. The van der Waals surface area contributed by atoms with Gasteiger partial charge in [0.05, 0.1) is 17.7 Å². The van der Waals surface area contributed by atoms with Crippen LogP contribution in [0.1, 0.15) is 32.8 Å². The number of carbonyl (C=O) groups is 2. The van der Waals surface area contributed by atoms with Crippen molar-refractivity contribution >= 4 is 39.1 Å². The Hall–Kier alpha value is -3.63. The molecule has 3 aromatic carbocycles. The number of anilines is 1. The second-order valence-electron chi connectivity index (χ2n) is 9.27. The molecule has 2 atom stereocenters. The third-order valence-electron chi connectivity index (χ3n) is 6.51. The molecule has 0 aliphatic carbocycles. The summed E-state index contributed by atoms with van der Waals surface area (Å²) in [6.07, 6.45) is 0.671. The van der Waals surface area contributed by atoms with Crippen molar-refractivity contribution in [1.29, 1.82) is 0 Å². The van der Waals surface area contributed by atoms with E-state index in [4.69, 9.17) is 16.3 Å². The number of rotatable bonds is 12. The highest BCUT2D eigenvalue weighted by atomic mass is 35.5. The maximum Gasteiger partial charge on any atom is 0.264 e. The molecule has 0 saturated carbocycles. The molecule has 3 aromatic rings. The molecular formula is C29H33ClFN3O5S. The van der Waals surface area contributed by atoms with Gasteiger partial charge in [-0.2, -0.15) is 0 Å². The van der Waals surface area contributed by atoms with Crippen molar-refractivity contribution in [2.24, 2.45) is 0 Å². The van der Waals surface area contributed by atoms with Crippen LogP contribution in [0.2, 0.25) is 5.02 Å². The van der Waals surface area contributed by atoms with Crippen LogP contribution < -0.4 is 14.4 Å². The third-order valence-corrected chi connectivity index (χ3v) is 8.55. The number of hydrogen-bond donors (Lipinski definition) is 1. The summed E-state index contributed by atoms with van der Waals surface area (Å²) in [7, 11) is -2.79. The Balaban J connectivity index is 2.03. The fourth-order valence-corrected chi connectivity index (χ4v) is 5.41. The summed E-state index contributed by atoms with van der Waals surface area (Å²) in [6, 6.07) is 16.5. The highest BCUT2D eigenvalue weighted by molar-refractivity contribution is 7.92. The Morgan fingerprint density at radius 2 is 1.62 bits per heavy atom. The van der Waals surface area contributed by atoms with Crippen LogP contribution in [-0.2, 0) is 26.2 Å². The third kappa shape index (κ3) is 7.51. The normalized spacial score (nSPS) is 12.8. The van der Waals surface area contributed by atoms with Crippen LogP contribution in [0, 0.1) is 5.82 Å². The minimum absolute atomic E-state index is 0.0701. The Morgan fingerprint density at radius 1 is 1.00 bits per heavy atom. The fourth-order valence-electron chi connectivity index (χ4n) is 3.87. The predicted octanol–water partition coefficient (Wildman–Crippen LogP) is 5.02. The molecule has 0 aliphatic rings. The smallest absolute Gasteiger partial charge is 0.264 e. The molecule has 214 valence electrons. The van der Waals surface area contributed by atoms with Gasteiger partial charge >= 0.3 is 0 Å². The van der Waals surface area contributed by atoms with Crippen molar-refractivity contribution in [2.45, 2.75) is 50.7 Å². The molecule has 2 amide bonds. The second-order valence-corrected chi connectivity index (χ2v) is 11.6. The maximum atomic E-state index is 14.6. The van der Waals surface area contributed by atoms with E-state index in [0.29, 0.717) is 17.2 Å². The first kappa shape index (κ1) is 30.9. The molecule has 0 unspecified atom stereocenters. The number of amides is 2. The van der Waals surface area contributed by atoms with Crippen molar-refractivity contribution < 1.29 is 27.1 Å². The maximum absolute atomic E-state index is 14.6. The van der Waals surface area contributed by atoms with Gasteiger partial charge in [0, 0.05) is 23.2 Å². The van der Waals surface area contributed by atoms with E-state index < -0.39 is 40.2 Å². The minimum atomic E-state index is -4.26. The van der Waals surface area contributed by atoms with Crippen LogP contribution in [-0.4, -0.2) is 50.9 Å². The van der Waals surface area contributed by atoms with E-state index >= 15 is 0 Å². The molecule has 8 nitrogen and oxygen atoms in total. The summed E-state index contributed by atoms with van der Waals surface area (Å²) in [4.78, 5) is 28.0. The topological polar surface area (TPSA) is 96.0 Å². The Morgan fingerprint density at radius 3 is 2.20 bits per heavy atom. The van der Waals surface area contributed by atoms with Crippen LogP contribution >= 0.6 is 11.6 Å². The van der Waals surface area contributed by atoms with Gasteiger partial charge in [-0.3, -0.25) is 13.9 Å². The van der Waals surface area contributed by atoms with E-state index in [1.54, 1.807) is 6.07 Å². The van der Waals surface area contributed by atoms with Gasteiger partial charge in [0.15, 0.2) is 0 Å². The van der Waals surface area contributed by atoms with E-state index in [2.05, 4.69) is 5.32 Å². The van der Waals surface area contributed by atoms with E-state index in [9.17, 15) is 22.4 Å². The molecule has 1 N–H and O–H groups in total. The predicted molar refractivity (Wildman–Crippen MR) is 153 cm³/mol. The summed E-state index contributed by atoms with van der Waals surface area (Å²) in [6.45, 7) is 4.38.